The van der Waals surface area contributed by atoms with Crippen LogP contribution in [0.5, 0.6) is 0 Å². The lowest BCUT2D eigenvalue weighted by Crippen LogP contribution is -2.00. The summed E-state index contributed by atoms with van der Waals surface area (Å²) in [6.45, 7) is 0. The Hall–Kier alpha value is -8.19. The topological polar surface area (TPSA) is 56.7 Å². The van der Waals surface area contributed by atoms with Gasteiger partial charge in [-0.15, -0.1) is 11.3 Å². The highest BCUT2D eigenvalue weighted by atomic mass is 32.1. The van der Waals surface area contributed by atoms with Crippen LogP contribution in [0.3, 0.4) is 0 Å². The van der Waals surface area contributed by atoms with E-state index in [1.807, 2.05) is 30.3 Å². The van der Waals surface area contributed by atoms with E-state index in [9.17, 15) is 0 Å². The fourth-order valence-electron chi connectivity index (χ4n) is 9.28. The Kier molecular flexibility index (Phi) is 8.01. The molecule has 0 bridgehead atoms. The Morgan fingerprint density at radius 3 is 1.68 bits per heavy atom. The number of fused-ring (bicyclic) bond motifs is 9. The summed E-state index contributed by atoms with van der Waals surface area (Å²) in [5.74, 6) is 1.83. The zero-order chi connectivity index (χ0) is 41.4. The molecule has 0 spiro atoms. The van der Waals surface area contributed by atoms with E-state index in [0.29, 0.717) is 17.5 Å². The molecule has 4 heterocycles. The third kappa shape index (κ3) is 5.87. The highest BCUT2D eigenvalue weighted by Crippen LogP contribution is 2.42. The van der Waals surface area contributed by atoms with Crippen LogP contribution >= 0.6 is 11.3 Å². The third-order valence-electron chi connectivity index (χ3n) is 12.3. The molecule has 294 valence electrons. The van der Waals surface area contributed by atoms with Gasteiger partial charge >= 0.3 is 0 Å². The molecule has 4 aromatic heterocycles. The molecular weight excluding hydrogens is 789 g/mol. The minimum Gasteiger partial charge on any atom is -0.456 e. The van der Waals surface area contributed by atoms with Crippen molar-refractivity contribution in [3.8, 4) is 62.1 Å². The SMILES string of the molecule is c1ccc(-c2ccc3c4ccccc4n(-c4ccc5c(c4)oc4cc(-c6nc(-c7ccccc7)nc(-c7ccc8c(c7)sc7cccc(-c9ccccc9)c78)n6)ccc45)c3c2)cc1. The molecule has 5 nitrogen and oxygen atoms in total. The number of rotatable bonds is 6. The van der Waals surface area contributed by atoms with Gasteiger partial charge in [0.1, 0.15) is 11.2 Å². The zero-order valence-corrected chi connectivity index (χ0v) is 34.6. The van der Waals surface area contributed by atoms with Crippen LogP contribution in [0.2, 0.25) is 0 Å². The van der Waals surface area contributed by atoms with E-state index in [2.05, 4.69) is 180 Å². The zero-order valence-electron chi connectivity index (χ0n) is 33.7. The van der Waals surface area contributed by atoms with E-state index >= 15 is 0 Å². The van der Waals surface area contributed by atoms with E-state index in [1.165, 1.54) is 53.2 Å². The average molecular weight is 823 g/mol. The summed E-state index contributed by atoms with van der Waals surface area (Å²) in [6.07, 6.45) is 0. The van der Waals surface area contributed by atoms with Crippen molar-refractivity contribution in [2.75, 3.05) is 0 Å². The van der Waals surface area contributed by atoms with Crippen molar-refractivity contribution in [2.24, 2.45) is 0 Å². The Morgan fingerprint density at radius 1 is 0.349 bits per heavy atom. The second-order valence-electron chi connectivity index (χ2n) is 16.0. The molecule has 0 saturated heterocycles. The average Bonchev–Trinajstić information content (AvgIpc) is 4.03. The number of nitrogens with zero attached hydrogens (tertiary/aromatic N) is 4. The second-order valence-corrected chi connectivity index (χ2v) is 17.1. The molecule has 0 aliphatic rings. The predicted octanol–water partition coefficient (Wildman–Crippen LogP) is 15.6. The van der Waals surface area contributed by atoms with E-state index in [4.69, 9.17) is 19.4 Å². The third-order valence-corrected chi connectivity index (χ3v) is 13.4. The van der Waals surface area contributed by atoms with Gasteiger partial charge in [0, 0.05) is 70.2 Å². The van der Waals surface area contributed by atoms with Gasteiger partial charge in [-0.2, -0.15) is 0 Å². The highest BCUT2D eigenvalue weighted by Gasteiger charge is 2.19. The summed E-state index contributed by atoms with van der Waals surface area (Å²) >= 11 is 1.80. The largest absolute Gasteiger partial charge is 0.456 e. The normalized spacial score (nSPS) is 11.8. The van der Waals surface area contributed by atoms with Crippen molar-refractivity contribution in [1.29, 1.82) is 0 Å². The van der Waals surface area contributed by atoms with E-state index < -0.39 is 0 Å². The summed E-state index contributed by atoms with van der Waals surface area (Å²) in [5, 5.41) is 7.02. The number of aromatic nitrogens is 4. The predicted molar refractivity (Wildman–Crippen MR) is 262 cm³/mol. The molecule has 0 aliphatic heterocycles. The molecule has 13 aromatic rings. The summed E-state index contributed by atoms with van der Waals surface area (Å²) < 4.78 is 11.5. The minimum absolute atomic E-state index is 0.587. The Bertz CT molecular complexity index is 3910. The maximum absolute atomic E-state index is 6.74. The van der Waals surface area contributed by atoms with Crippen molar-refractivity contribution in [3.63, 3.8) is 0 Å². The molecule has 0 saturated carbocycles. The molecule has 0 radical (unpaired) electrons. The van der Waals surface area contributed by atoms with Gasteiger partial charge in [0.05, 0.1) is 11.0 Å². The monoisotopic (exact) mass is 822 g/mol. The lowest BCUT2D eigenvalue weighted by molar-refractivity contribution is 0.668. The van der Waals surface area contributed by atoms with Crippen LogP contribution in [0.25, 0.3) is 126 Å². The molecule has 0 aliphatic carbocycles. The number of para-hydroxylation sites is 1. The van der Waals surface area contributed by atoms with E-state index in [1.54, 1.807) is 11.3 Å². The molecule has 63 heavy (non-hydrogen) atoms. The first-order chi connectivity index (χ1) is 31.2. The van der Waals surface area contributed by atoms with Gasteiger partial charge in [0.25, 0.3) is 0 Å². The lowest BCUT2D eigenvalue weighted by Gasteiger charge is -2.09. The minimum atomic E-state index is 0.587. The van der Waals surface area contributed by atoms with E-state index in [-0.39, 0.29) is 0 Å². The molecular formula is C57H34N4OS. The molecule has 0 atom stereocenters. The van der Waals surface area contributed by atoms with Crippen LogP contribution in [-0.4, -0.2) is 19.5 Å². The van der Waals surface area contributed by atoms with Crippen LogP contribution in [-0.2, 0) is 0 Å². The molecule has 9 aromatic carbocycles. The number of thiophene rings is 1. The number of benzene rings is 9. The van der Waals surface area contributed by atoms with Gasteiger partial charge < -0.3 is 8.98 Å². The van der Waals surface area contributed by atoms with Crippen LogP contribution in [0.4, 0.5) is 0 Å². The van der Waals surface area contributed by atoms with Gasteiger partial charge in [-0.1, -0.05) is 152 Å². The fourth-order valence-corrected chi connectivity index (χ4v) is 10.4. The Labute approximate surface area is 365 Å². The van der Waals surface area contributed by atoms with Gasteiger partial charge in [-0.05, 0) is 70.8 Å². The van der Waals surface area contributed by atoms with Gasteiger partial charge in [-0.25, -0.2) is 15.0 Å². The quantitative estimate of drug-likeness (QED) is 0.168. The Morgan fingerprint density at radius 2 is 0.921 bits per heavy atom. The first kappa shape index (κ1) is 35.6. The highest BCUT2D eigenvalue weighted by molar-refractivity contribution is 7.26. The summed E-state index contributed by atoms with van der Waals surface area (Å²) in [7, 11) is 0. The number of hydrogen-bond donors (Lipinski definition) is 0. The standard InChI is InChI=1S/C57H34N4OS/c1-4-13-35(14-5-1)38-23-27-44-43-19-10-11-21-48(43)61(49(44)31-38)41-26-30-46-45-28-24-39(32-50(45)62-51(46)34-41)56-58-55(37-17-8-3-9-18-37)59-57(60-56)40-25-29-47-53(33-40)63-52-22-12-20-42(54(47)52)36-15-6-2-7-16-36/h1-34H. The summed E-state index contributed by atoms with van der Waals surface area (Å²) in [6, 6.07) is 72.7. The lowest BCUT2D eigenvalue weighted by atomic mass is 9.99. The number of hydrogen-bond acceptors (Lipinski definition) is 5. The summed E-state index contributed by atoms with van der Waals surface area (Å²) in [4.78, 5) is 15.3. The van der Waals surface area contributed by atoms with Crippen molar-refractivity contribution < 1.29 is 4.42 Å². The smallest absolute Gasteiger partial charge is 0.164 e. The van der Waals surface area contributed by atoms with Crippen molar-refractivity contribution in [2.45, 2.75) is 0 Å². The van der Waals surface area contributed by atoms with Gasteiger partial charge in [0.2, 0.25) is 0 Å². The maximum Gasteiger partial charge on any atom is 0.164 e. The van der Waals surface area contributed by atoms with Crippen LogP contribution in [0, 0.1) is 0 Å². The van der Waals surface area contributed by atoms with Crippen LogP contribution in [0.1, 0.15) is 0 Å². The molecule has 0 unspecified atom stereocenters. The first-order valence-electron chi connectivity index (χ1n) is 21.1. The second kappa shape index (κ2) is 14.2. The van der Waals surface area contributed by atoms with Gasteiger partial charge in [0.15, 0.2) is 17.5 Å². The Balaban J connectivity index is 0.928. The molecule has 13 rings (SSSR count). The first-order valence-corrected chi connectivity index (χ1v) is 21.9. The fraction of sp³-hybridized carbons (Fsp3) is 0. The van der Waals surface area contributed by atoms with Crippen molar-refractivity contribution >= 4 is 75.3 Å². The van der Waals surface area contributed by atoms with Crippen molar-refractivity contribution in [3.05, 3.63) is 206 Å². The van der Waals surface area contributed by atoms with Crippen LogP contribution < -0.4 is 0 Å². The maximum atomic E-state index is 6.74. The molecule has 0 fully saturated rings. The molecule has 0 N–H and O–H groups in total. The van der Waals surface area contributed by atoms with Crippen molar-refractivity contribution in [1.82, 2.24) is 19.5 Å². The molecule has 0 amide bonds. The van der Waals surface area contributed by atoms with Gasteiger partial charge in [-0.3, -0.25) is 0 Å². The van der Waals surface area contributed by atoms with Crippen LogP contribution in [0.15, 0.2) is 211 Å². The van der Waals surface area contributed by atoms with E-state index in [0.717, 1.165) is 55.3 Å². The summed E-state index contributed by atoms with van der Waals surface area (Å²) in [5.41, 5.74) is 12.5. The number of furan rings is 1. The molecule has 6 heteroatoms.